The van der Waals surface area contributed by atoms with Crippen LogP contribution in [0.1, 0.15) is 55.0 Å². The fourth-order valence-corrected chi connectivity index (χ4v) is 4.84. The number of benzene rings is 1. The Kier molecular flexibility index (Phi) is 10.5. The number of rotatable bonds is 10. The summed E-state index contributed by atoms with van der Waals surface area (Å²) in [6, 6.07) is 4.50. The Labute approximate surface area is 227 Å². The SMILES string of the molecule is CCOC(=O)c1c(Cc2ccc(S(=O)(=O)N(C)C)c(Cl)c2)c(C)nn1C/C(F)=C/CNC(=O)OC(C)(C)C. The summed E-state index contributed by atoms with van der Waals surface area (Å²) in [5.74, 6) is -1.32. The van der Waals surface area contributed by atoms with Crippen LogP contribution in [0, 0.1) is 6.92 Å². The lowest BCUT2D eigenvalue weighted by atomic mass is 10.0. The van der Waals surface area contributed by atoms with E-state index in [-0.39, 0.29) is 41.7 Å². The Morgan fingerprint density at radius 1 is 1.26 bits per heavy atom. The molecule has 0 unspecified atom stereocenters. The number of amides is 1. The van der Waals surface area contributed by atoms with Crippen LogP contribution < -0.4 is 5.32 Å². The number of aryl methyl sites for hydroxylation is 1. The molecule has 13 heteroatoms. The highest BCUT2D eigenvalue weighted by atomic mass is 35.5. The quantitative estimate of drug-likeness (QED) is 0.423. The highest BCUT2D eigenvalue weighted by molar-refractivity contribution is 7.89. The summed E-state index contributed by atoms with van der Waals surface area (Å²) in [7, 11) is -0.923. The molecule has 0 radical (unpaired) electrons. The molecule has 2 aromatic rings. The molecule has 1 heterocycles. The van der Waals surface area contributed by atoms with Gasteiger partial charge in [0, 0.05) is 32.6 Å². The molecule has 1 aromatic heterocycles. The summed E-state index contributed by atoms with van der Waals surface area (Å²) in [6.07, 6.45) is 0.640. The Bertz CT molecular complexity index is 1320. The number of carbonyl (C=O) groups is 2. The number of halogens is 2. The Hall–Kier alpha value is -2.96. The number of carbonyl (C=O) groups excluding carboxylic acids is 2. The van der Waals surface area contributed by atoms with Crippen LogP contribution in [0.4, 0.5) is 9.18 Å². The standard InChI is InChI=1S/C25H34ClFN4O6S/c1-8-36-23(32)22-19(13-17-9-10-21(20(26)14-17)38(34,35)30(6)7)16(2)29-31(22)15-18(27)11-12-28-24(33)37-25(3,4)5/h9-11,14H,8,12-13,15H2,1-7H3,(H,28,33)/b18-11-. The smallest absolute Gasteiger partial charge is 0.407 e. The van der Waals surface area contributed by atoms with Gasteiger partial charge in [-0.15, -0.1) is 0 Å². The highest BCUT2D eigenvalue weighted by Crippen LogP contribution is 2.27. The minimum atomic E-state index is -3.74. The molecule has 0 aliphatic heterocycles. The van der Waals surface area contributed by atoms with Gasteiger partial charge in [-0.1, -0.05) is 17.7 Å². The van der Waals surface area contributed by atoms with Crippen molar-refractivity contribution in [3.8, 4) is 0 Å². The summed E-state index contributed by atoms with van der Waals surface area (Å²) in [6.45, 7) is 8.08. The third kappa shape index (κ3) is 8.27. The largest absolute Gasteiger partial charge is 0.461 e. The van der Waals surface area contributed by atoms with E-state index in [1.807, 2.05) is 0 Å². The van der Waals surface area contributed by atoms with E-state index in [1.54, 1.807) is 40.7 Å². The van der Waals surface area contributed by atoms with Crippen molar-refractivity contribution < 1.29 is 31.9 Å². The first kappa shape index (κ1) is 31.3. The number of ether oxygens (including phenoxy) is 2. The average molecular weight is 573 g/mol. The average Bonchev–Trinajstić information content (AvgIpc) is 3.06. The lowest BCUT2D eigenvalue weighted by Crippen LogP contribution is -2.32. The van der Waals surface area contributed by atoms with Crippen LogP contribution >= 0.6 is 11.6 Å². The third-order valence-electron chi connectivity index (χ3n) is 5.13. The number of alkyl carbamates (subject to hydrolysis) is 1. The molecule has 210 valence electrons. The molecule has 2 rings (SSSR count). The van der Waals surface area contributed by atoms with E-state index in [0.717, 1.165) is 10.4 Å². The van der Waals surface area contributed by atoms with E-state index < -0.39 is 33.5 Å². The van der Waals surface area contributed by atoms with Gasteiger partial charge in [-0.25, -0.2) is 26.7 Å². The van der Waals surface area contributed by atoms with Crippen molar-refractivity contribution in [1.29, 1.82) is 0 Å². The molecular weight excluding hydrogens is 539 g/mol. The van der Waals surface area contributed by atoms with Crippen LogP contribution in [0.3, 0.4) is 0 Å². The summed E-state index contributed by atoms with van der Waals surface area (Å²) >= 11 is 6.28. The van der Waals surface area contributed by atoms with E-state index in [2.05, 4.69) is 10.4 Å². The number of nitrogens with one attached hydrogen (secondary N) is 1. The van der Waals surface area contributed by atoms with Crippen LogP contribution in [-0.2, 0) is 32.5 Å². The van der Waals surface area contributed by atoms with Gasteiger partial charge < -0.3 is 14.8 Å². The number of hydrogen-bond donors (Lipinski definition) is 1. The topological polar surface area (TPSA) is 120 Å². The van der Waals surface area contributed by atoms with Crippen LogP contribution in [0.2, 0.25) is 5.02 Å². The number of allylic oxidation sites excluding steroid dienone is 1. The molecule has 1 N–H and O–H groups in total. The Morgan fingerprint density at radius 3 is 2.47 bits per heavy atom. The van der Waals surface area contributed by atoms with Gasteiger partial charge in [-0.2, -0.15) is 5.10 Å². The molecular formula is C25H34ClFN4O6S. The predicted molar refractivity (Wildman–Crippen MR) is 141 cm³/mol. The number of sulfonamides is 1. The summed E-state index contributed by atoms with van der Waals surface area (Å²) in [5.41, 5.74) is 0.957. The van der Waals surface area contributed by atoms with Crippen molar-refractivity contribution in [1.82, 2.24) is 19.4 Å². The molecule has 38 heavy (non-hydrogen) atoms. The van der Waals surface area contributed by atoms with Crippen LogP contribution in [0.25, 0.3) is 0 Å². The van der Waals surface area contributed by atoms with Crippen molar-refractivity contribution in [2.45, 2.75) is 58.1 Å². The second-order valence-electron chi connectivity index (χ2n) is 9.55. The molecule has 10 nitrogen and oxygen atoms in total. The van der Waals surface area contributed by atoms with Gasteiger partial charge >= 0.3 is 12.1 Å². The lowest BCUT2D eigenvalue weighted by molar-refractivity contribution is 0.0507. The minimum absolute atomic E-state index is 0.0328. The summed E-state index contributed by atoms with van der Waals surface area (Å²) < 4.78 is 52.2. The first-order valence-electron chi connectivity index (χ1n) is 11.8. The zero-order valence-electron chi connectivity index (χ0n) is 22.6. The molecule has 0 fully saturated rings. The van der Waals surface area contributed by atoms with Gasteiger partial charge in [0.1, 0.15) is 16.3 Å². The second-order valence-corrected chi connectivity index (χ2v) is 12.1. The van der Waals surface area contributed by atoms with Crippen molar-refractivity contribution in [2.75, 3.05) is 27.2 Å². The summed E-state index contributed by atoms with van der Waals surface area (Å²) in [5, 5.41) is 6.80. The molecule has 0 aliphatic rings. The molecule has 0 atom stereocenters. The van der Waals surface area contributed by atoms with Crippen molar-refractivity contribution in [2.24, 2.45) is 0 Å². The second kappa shape index (κ2) is 12.7. The fraction of sp³-hybridized carbons (Fsp3) is 0.480. The lowest BCUT2D eigenvalue weighted by Gasteiger charge is -2.19. The molecule has 0 bridgehead atoms. The Morgan fingerprint density at radius 2 is 1.92 bits per heavy atom. The number of nitrogens with zero attached hydrogens (tertiary/aromatic N) is 3. The van der Waals surface area contributed by atoms with E-state index in [1.165, 1.54) is 30.9 Å². The van der Waals surface area contributed by atoms with Crippen LogP contribution in [0.15, 0.2) is 35.0 Å². The van der Waals surface area contributed by atoms with Crippen LogP contribution in [-0.4, -0.2) is 67.4 Å². The van der Waals surface area contributed by atoms with E-state index in [0.29, 0.717) is 16.8 Å². The zero-order chi connectivity index (χ0) is 28.8. The normalized spacial score (nSPS) is 12.5. The van der Waals surface area contributed by atoms with Gasteiger partial charge in [0.15, 0.2) is 5.69 Å². The molecule has 0 saturated heterocycles. The van der Waals surface area contributed by atoms with E-state index in [4.69, 9.17) is 21.1 Å². The minimum Gasteiger partial charge on any atom is -0.461 e. The number of aromatic nitrogens is 2. The maximum absolute atomic E-state index is 14.7. The first-order chi connectivity index (χ1) is 17.6. The van der Waals surface area contributed by atoms with Crippen molar-refractivity contribution >= 4 is 33.7 Å². The van der Waals surface area contributed by atoms with Gasteiger partial charge in [0.05, 0.1) is 23.9 Å². The van der Waals surface area contributed by atoms with Crippen LogP contribution in [0.5, 0.6) is 0 Å². The van der Waals surface area contributed by atoms with Gasteiger partial charge in [0.25, 0.3) is 0 Å². The Balaban J connectivity index is 2.32. The fourth-order valence-electron chi connectivity index (χ4n) is 3.40. The maximum atomic E-state index is 14.7. The van der Waals surface area contributed by atoms with E-state index in [9.17, 15) is 22.4 Å². The molecule has 0 saturated carbocycles. The molecule has 1 aromatic carbocycles. The molecule has 0 spiro atoms. The molecule has 1 amide bonds. The number of hydrogen-bond acceptors (Lipinski definition) is 7. The van der Waals surface area contributed by atoms with Gasteiger partial charge in [0.2, 0.25) is 10.0 Å². The van der Waals surface area contributed by atoms with Gasteiger partial charge in [-0.05, 0) is 58.4 Å². The monoisotopic (exact) mass is 572 g/mol. The first-order valence-corrected chi connectivity index (χ1v) is 13.6. The van der Waals surface area contributed by atoms with Gasteiger partial charge in [-0.3, -0.25) is 4.68 Å². The van der Waals surface area contributed by atoms with Crippen molar-refractivity contribution in [3.63, 3.8) is 0 Å². The zero-order valence-corrected chi connectivity index (χ0v) is 24.2. The maximum Gasteiger partial charge on any atom is 0.407 e. The van der Waals surface area contributed by atoms with E-state index >= 15 is 0 Å². The third-order valence-corrected chi connectivity index (χ3v) is 7.42. The van der Waals surface area contributed by atoms with Crippen molar-refractivity contribution in [3.05, 3.63) is 57.6 Å². The highest BCUT2D eigenvalue weighted by Gasteiger charge is 2.25. The number of esters is 1. The molecule has 0 aliphatic carbocycles. The predicted octanol–water partition coefficient (Wildman–Crippen LogP) is 4.24. The summed E-state index contributed by atoms with van der Waals surface area (Å²) in [4.78, 5) is 24.5.